The molecular formula is C13H12N2O2. The average Bonchev–Trinajstić information content (AvgIpc) is 2.91. The largest absolute Gasteiger partial charge is 0.354 e. The van der Waals surface area contributed by atoms with E-state index >= 15 is 0 Å². The van der Waals surface area contributed by atoms with Gasteiger partial charge in [0.2, 0.25) is 5.78 Å². The lowest BCUT2D eigenvalue weighted by atomic mass is 10.1. The van der Waals surface area contributed by atoms with E-state index in [0.717, 1.165) is 10.8 Å². The number of carbonyl (C=O) groups excluding carboxylic acids is 1. The molecule has 1 aliphatic heterocycles. The lowest BCUT2D eigenvalue weighted by Gasteiger charge is -2.09. The van der Waals surface area contributed by atoms with E-state index < -0.39 is 6.23 Å². The van der Waals surface area contributed by atoms with E-state index in [1.807, 2.05) is 30.3 Å². The second-order valence-corrected chi connectivity index (χ2v) is 3.95. The molecule has 1 atom stereocenters. The topological polar surface area (TPSA) is 51.2 Å². The molecule has 2 aromatic rings. The van der Waals surface area contributed by atoms with Gasteiger partial charge in [0.05, 0.1) is 6.61 Å². The molecule has 0 spiro atoms. The monoisotopic (exact) mass is 228 g/mol. The summed E-state index contributed by atoms with van der Waals surface area (Å²) < 4.78 is 5.32. The van der Waals surface area contributed by atoms with Crippen molar-refractivity contribution in [3.63, 3.8) is 0 Å². The maximum absolute atomic E-state index is 12.2. The quantitative estimate of drug-likeness (QED) is 0.789. The van der Waals surface area contributed by atoms with Crippen LogP contribution in [0.15, 0.2) is 36.5 Å². The highest BCUT2D eigenvalue weighted by atomic mass is 16.5. The van der Waals surface area contributed by atoms with Crippen molar-refractivity contribution >= 4 is 16.6 Å². The minimum atomic E-state index is -0.548. The highest BCUT2D eigenvalue weighted by molar-refractivity contribution is 6.08. The van der Waals surface area contributed by atoms with E-state index in [1.54, 1.807) is 6.20 Å². The smallest absolute Gasteiger partial charge is 0.225 e. The molecule has 1 aliphatic rings. The first kappa shape index (κ1) is 10.4. The highest BCUT2D eigenvalue weighted by Crippen LogP contribution is 2.18. The van der Waals surface area contributed by atoms with E-state index in [-0.39, 0.29) is 5.78 Å². The van der Waals surface area contributed by atoms with Gasteiger partial charge in [-0.3, -0.25) is 15.1 Å². The van der Waals surface area contributed by atoms with Crippen LogP contribution in [0.25, 0.3) is 10.8 Å². The number of rotatable bonds is 2. The number of pyridine rings is 1. The fourth-order valence-corrected chi connectivity index (χ4v) is 2.03. The summed E-state index contributed by atoms with van der Waals surface area (Å²) in [4.78, 5) is 16.4. The summed E-state index contributed by atoms with van der Waals surface area (Å²) in [5, 5.41) is 4.90. The normalized spacial score (nSPS) is 19.6. The lowest BCUT2D eigenvalue weighted by Crippen LogP contribution is -2.32. The van der Waals surface area contributed by atoms with Crippen LogP contribution in [0.1, 0.15) is 10.5 Å². The Labute approximate surface area is 98.6 Å². The standard InChI is InChI=1S/C13H12N2O2/c16-12(13-15-7-8-17-13)11-10-4-2-1-3-9(10)5-6-14-11/h1-6,13,15H,7-8H2. The summed E-state index contributed by atoms with van der Waals surface area (Å²) >= 11 is 0. The van der Waals surface area contributed by atoms with Crippen molar-refractivity contribution in [2.75, 3.05) is 13.2 Å². The fraction of sp³-hybridized carbons (Fsp3) is 0.231. The molecule has 1 aromatic heterocycles. The van der Waals surface area contributed by atoms with Gasteiger partial charge in [-0.15, -0.1) is 0 Å². The van der Waals surface area contributed by atoms with Gasteiger partial charge in [-0.1, -0.05) is 24.3 Å². The van der Waals surface area contributed by atoms with Crippen LogP contribution in [-0.2, 0) is 4.74 Å². The van der Waals surface area contributed by atoms with Crippen molar-refractivity contribution in [1.29, 1.82) is 0 Å². The number of Topliss-reactive ketones (excluding diaryl/α,β-unsaturated/α-hetero) is 1. The Bertz CT molecular complexity index is 557. The Morgan fingerprint density at radius 2 is 2.24 bits per heavy atom. The van der Waals surface area contributed by atoms with Gasteiger partial charge in [0.25, 0.3) is 0 Å². The number of aromatic nitrogens is 1. The molecule has 4 nitrogen and oxygen atoms in total. The number of nitrogens with zero attached hydrogens (tertiary/aromatic N) is 1. The molecule has 0 amide bonds. The summed E-state index contributed by atoms with van der Waals surface area (Å²) in [5.41, 5.74) is 0.475. The predicted octanol–water partition coefficient (Wildman–Crippen LogP) is 1.36. The summed E-state index contributed by atoms with van der Waals surface area (Å²) in [6.45, 7) is 1.28. The number of fused-ring (bicyclic) bond motifs is 1. The third kappa shape index (κ3) is 1.81. The Morgan fingerprint density at radius 1 is 1.35 bits per heavy atom. The van der Waals surface area contributed by atoms with Crippen LogP contribution in [0.3, 0.4) is 0 Å². The summed E-state index contributed by atoms with van der Waals surface area (Å²) in [6.07, 6.45) is 1.11. The summed E-state index contributed by atoms with van der Waals surface area (Å²) in [5.74, 6) is -0.0979. The van der Waals surface area contributed by atoms with Gasteiger partial charge in [0.1, 0.15) is 5.69 Å². The van der Waals surface area contributed by atoms with Crippen LogP contribution < -0.4 is 5.32 Å². The minimum absolute atomic E-state index is 0.0979. The third-order valence-electron chi connectivity index (χ3n) is 2.86. The zero-order valence-electron chi connectivity index (χ0n) is 9.22. The van der Waals surface area contributed by atoms with Crippen LogP contribution in [0.4, 0.5) is 0 Å². The second kappa shape index (κ2) is 4.24. The Kier molecular flexibility index (Phi) is 2.59. The number of ether oxygens (including phenoxy) is 1. The zero-order chi connectivity index (χ0) is 11.7. The molecule has 3 rings (SSSR count). The molecule has 2 heterocycles. The van der Waals surface area contributed by atoms with Crippen molar-refractivity contribution in [2.24, 2.45) is 0 Å². The van der Waals surface area contributed by atoms with Gasteiger partial charge in [-0.2, -0.15) is 0 Å². The molecular weight excluding hydrogens is 216 g/mol. The van der Waals surface area contributed by atoms with Crippen LogP contribution >= 0.6 is 0 Å². The van der Waals surface area contributed by atoms with Gasteiger partial charge >= 0.3 is 0 Å². The zero-order valence-corrected chi connectivity index (χ0v) is 9.22. The summed E-state index contributed by atoms with van der Waals surface area (Å²) in [6, 6.07) is 9.63. The molecule has 86 valence electrons. The van der Waals surface area contributed by atoms with Crippen LogP contribution in [0, 0.1) is 0 Å². The third-order valence-corrected chi connectivity index (χ3v) is 2.86. The van der Waals surface area contributed by atoms with Crippen LogP contribution in [0.5, 0.6) is 0 Å². The second-order valence-electron chi connectivity index (χ2n) is 3.95. The van der Waals surface area contributed by atoms with Gasteiger partial charge < -0.3 is 4.74 Å². The Morgan fingerprint density at radius 3 is 3.06 bits per heavy atom. The molecule has 1 unspecified atom stereocenters. The van der Waals surface area contributed by atoms with E-state index in [9.17, 15) is 4.79 Å². The molecule has 17 heavy (non-hydrogen) atoms. The maximum Gasteiger partial charge on any atom is 0.225 e. The molecule has 1 saturated heterocycles. The van der Waals surface area contributed by atoms with Crippen molar-refractivity contribution < 1.29 is 9.53 Å². The van der Waals surface area contributed by atoms with Crippen molar-refractivity contribution in [3.8, 4) is 0 Å². The number of ketones is 1. The first-order valence-corrected chi connectivity index (χ1v) is 5.59. The molecule has 0 bridgehead atoms. The molecule has 4 heteroatoms. The molecule has 1 N–H and O–H groups in total. The number of hydrogen-bond acceptors (Lipinski definition) is 4. The van der Waals surface area contributed by atoms with Gasteiger partial charge in [-0.25, -0.2) is 0 Å². The number of benzene rings is 1. The highest BCUT2D eigenvalue weighted by Gasteiger charge is 2.26. The van der Waals surface area contributed by atoms with Crippen LogP contribution in [0.2, 0.25) is 0 Å². The van der Waals surface area contributed by atoms with E-state index in [2.05, 4.69) is 10.3 Å². The Hall–Kier alpha value is -1.78. The number of hydrogen-bond donors (Lipinski definition) is 1. The number of carbonyl (C=O) groups is 1. The van der Waals surface area contributed by atoms with Crippen molar-refractivity contribution in [1.82, 2.24) is 10.3 Å². The van der Waals surface area contributed by atoms with Gasteiger partial charge in [0.15, 0.2) is 6.23 Å². The van der Waals surface area contributed by atoms with Gasteiger partial charge in [-0.05, 0) is 11.5 Å². The van der Waals surface area contributed by atoms with Gasteiger partial charge in [0, 0.05) is 18.1 Å². The van der Waals surface area contributed by atoms with Crippen LogP contribution in [-0.4, -0.2) is 30.1 Å². The van der Waals surface area contributed by atoms with E-state index in [1.165, 1.54) is 0 Å². The first-order chi connectivity index (χ1) is 8.36. The van der Waals surface area contributed by atoms with Crippen molar-refractivity contribution in [3.05, 3.63) is 42.2 Å². The molecule has 1 aromatic carbocycles. The minimum Gasteiger partial charge on any atom is -0.354 e. The maximum atomic E-state index is 12.2. The fourth-order valence-electron chi connectivity index (χ4n) is 2.03. The molecule has 1 fully saturated rings. The SMILES string of the molecule is O=C(c1nccc2ccccc12)C1NCCO1. The first-order valence-electron chi connectivity index (χ1n) is 5.59. The number of nitrogens with one attached hydrogen (secondary N) is 1. The predicted molar refractivity (Wildman–Crippen MR) is 63.8 cm³/mol. The van der Waals surface area contributed by atoms with E-state index in [0.29, 0.717) is 18.8 Å². The van der Waals surface area contributed by atoms with Crippen molar-refractivity contribution in [2.45, 2.75) is 6.23 Å². The lowest BCUT2D eigenvalue weighted by molar-refractivity contribution is 0.0602. The average molecular weight is 228 g/mol. The molecule has 0 aliphatic carbocycles. The summed E-state index contributed by atoms with van der Waals surface area (Å²) in [7, 11) is 0. The van der Waals surface area contributed by atoms with E-state index in [4.69, 9.17) is 4.74 Å². The molecule has 0 saturated carbocycles. The Balaban J connectivity index is 2.07. The molecule has 0 radical (unpaired) electrons.